The molecule has 0 aromatic heterocycles. The number of aliphatic hydroxyl groups excluding tert-OH is 2. The zero-order valence-corrected chi connectivity index (χ0v) is 22.4. The van der Waals surface area contributed by atoms with Crippen molar-refractivity contribution in [3.8, 4) is 0 Å². The van der Waals surface area contributed by atoms with Gasteiger partial charge in [-0.05, 0) is 110 Å². The molecule has 0 spiro atoms. The SMILES string of the molecule is C=C(CC[C@@H](C)[C@H]1CC[C@H]2C3=C(CC[C@]12C)[C@@]1(C)CC[C@@H](O)C(C)(C)[C@@H]1C[C@@H]3O)[C@@H](C)C(=O)O. The van der Waals surface area contributed by atoms with Crippen LogP contribution in [0.4, 0.5) is 0 Å². The van der Waals surface area contributed by atoms with Gasteiger partial charge in [0.1, 0.15) is 0 Å². The Bertz CT molecular complexity index is 871. The molecule has 0 heterocycles. The third-order valence-electron chi connectivity index (χ3n) is 11.6. The summed E-state index contributed by atoms with van der Waals surface area (Å²) in [4.78, 5) is 11.3. The molecular weight excluding hydrogens is 424 g/mol. The largest absolute Gasteiger partial charge is 0.481 e. The molecule has 34 heavy (non-hydrogen) atoms. The molecule has 3 N–H and O–H groups in total. The second-order valence-electron chi connectivity index (χ2n) is 13.5. The van der Waals surface area contributed by atoms with Crippen molar-refractivity contribution in [2.75, 3.05) is 0 Å². The van der Waals surface area contributed by atoms with Crippen LogP contribution in [0, 0.1) is 45.8 Å². The molecule has 0 aromatic rings. The lowest BCUT2D eigenvalue weighted by atomic mass is 9.45. The van der Waals surface area contributed by atoms with Crippen molar-refractivity contribution in [2.45, 2.75) is 112 Å². The molecule has 0 bridgehead atoms. The predicted octanol–water partition coefficient (Wildman–Crippen LogP) is 6.37. The van der Waals surface area contributed by atoms with E-state index in [9.17, 15) is 20.1 Å². The standard InChI is InChI=1S/C30H48O4/c1-17(19(3)27(33)34)8-9-18(2)20-10-11-21-26-22(12-14-29(20,21)6)30(7)15-13-25(32)28(4,5)24(30)16-23(26)31/h18-21,23-25,31-32H,1,8-16H2,2-7H3,(H,33,34)/t18-,19-,20-,21+,23+,24+,25-,29-,30-/m1/s1. The molecule has 0 aromatic carbocycles. The first-order valence-electron chi connectivity index (χ1n) is 13.7. The lowest BCUT2D eigenvalue weighted by molar-refractivity contribution is -0.139. The quantitative estimate of drug-likeness (QED) is 0.393. The van der Waals surface area contributed by atoms with Crippen molar-refractivity contribution in [1.29, 1.82) is 0 Å². The van der Waals surface area contributed by atoms with Crippen LogP contribution in [0.3, 0.4) is 0 Å². The van der Waals surface area contributed by atoms with Crippen LogP contribution in [0.15, 0.2) is 23.3 Å². The highest BCUT2D eigenvalue weighted by molar-refractivity contribution is 5.72. The summed E-state index contributed by atoms with van der Waals surface area (Å²) in [5.74, 6) is 0.622. The number of carboxylic acid groups (broad SMARTS) is 1. The Morgan fingerprint density at radius 2 is 1.76 bits per heavy atom. The zero-order chi connectivity index (χ0) is 25.2. The summed E-state index contributed by atoms with van der Waals surface area (Å²) in [6, 6.07) is 0. The Balaban J connectivity index is 1.57. The van der Waals surface area contributed by atoms with E-state index in [4.69, 9.17) is 0 Å². The van der Waals surface area contributed by atoms with E-state index in [-0.39, 0.29) is 28.5 Å². The number of rotatable bonds is 6. The first-order chi connectivity index (χ1) is 15.7. The van der Waals surface area contributed by atoms with Crippen LogP contribution in [0.25, 0.3) is 0 Å². The Kier molecular flexibility index (Phi) is 6.69. The summed E-state index contributed by atoms with van der Waals surface area (Å²) in [6.07, 6.45) is 8.35. The first kappa shape index (κ1) is 25.9. The number of hydrogen-bond donors (Lipinski definition) is 3. The molecule has 4 aliphatic rings. The van der Waals surface area contributed by atoms with E-state index in [1.165, 1.54) is 24.0 Å². The molecule has 0 saturated heterocycles. The van der Waals surface area contributed by atoms with Crippen LogP contribution in [0.2, 0.25) is 0 Å². The average Bonchev–Trinajstić information content (AvgIpc) is 3.13. The van der Waals surface area contributed by atoms with Crippen LogP contribution < -0.4 is 0 Å². The van der Waals surface area contributed by atoms with Gasteiger partial charge in [-0.1, -0.05) is 52.3 Å². The maximum Gasteiger partial charge on any atom is 0.310 e. The summed E-state index contributed by atoms with van der Waals surface area (Å²) in [5, 5.41) is 31.6. The van der Waals surface area contributed by atoms with Gasteiger partial charge in [-0.2, -0.15) is 0 Å². The van der Waals surface area contributed by atoms with Crippen LogP contribution in [-0.2, 0) is 4.79 Å². The minimum Gasteiger partial charge on any atom is -0.481 e. The molecule has 0 unspecified atom stereocenters. The van der Waals surface area contributed by atoms with E-state index in [1.807, 2.05) is 0 Å². The second kappa shape index (κ2) is 8.76. The van der Waals surface area contributed by atoms with Gasteiger partial charge in [-0.3, -0.25) is 4.79 Å². The highest BCUT2D eigenvalue weighted by Gasteiger charge is 2.60. The van der Waals surface area contributed by atoms with Crippen LogP contribution >= 0.6 is 0 Å². The molecule has 0 radical (unpaired) electrons. The number of allylic oxidation sites excluding steroid dienone is 1. The second-order valence-corrected chi connectivity index (χ2v) is 13.5. The van der Waals surface area contributed by atoms with Crippen molar-refractivity contribution in [3.05, 3.63) is 23.3 Å². The van der Waals surface area contributed by atoms with Gasteiger partial charge in [-0.25, -0.2) is 0 Å². The number of carboxylic acids is 1. The monoisotopic (exact) mass is 472 g/mol. The van der Waals surface area contributed by atoms with E-state index in [1.54, 1.807) is 6.92 Å². The molecular formula is C30H48O4. The van der Waals surface area contributed by atoms with Gasteiger partial charge in [0.2, 0.25) is 0 Å². The smallest absolute Gasteiger partial charge is 0.310 e. The highest BCUT2D eigenvalue weighted by atomic mass is 16.4. The molecule has 192 valence electrons. The van der Waals surface area contributed by atoms with Crippen molar-refractivity contribution < 1.29 is 20.1 Å². The number of carbonyl (C=O) groups is 1. The summed E-state index contributed by atoms with van der Waals surface area (Å²) < 4.78 is 0. The van der Waals surface area contributed by atoms with Crippen LogP contribution in [0.1, 0.15) is 99.3 Å². The Labute approximate surface area is 206 Å². The van der Waals surface area contributed by atoms with Crippen LogP contribution in [0.5, 0.6) is 0 Å². The molecule has 4 nitrogen and oxygen atoms in total. The van der Waals surface area contributed by atoms with Crippen molar-refractivity contribution in [1.82, 2.24) is 0 Å². The molecule has 4 aliphatic carbocycles. The van der Waals surface area contributed by atoms with E-state index in [0.717, 1.165) is 50.5 Å². The maximum atomic E-state index is 11.5. The van der Waals surface area contributed by atoms with Gasteiger partial charge >= 0.3 is 5.97 Å². The molecule has 2 fully saturated rings. The molecule has 2 saturated carbocycles. The summed E-state index contributed by atoms with van der Waals surface area (Å²) in [6.45, 7) is 17.5. The fraction of sp³-hybridized carbons (Fsp3) is 0.833. The highest BCUT2D eigenvalue weighted by Crippen LogP contribution is 2.68. The third-order valence-corrected chi connectivity index (χ3v) is 11.6. The number of aliphatic carboxylic acids is 1. The third kappa shape index (κ3) is 3.82. The van der Waals surface area contributed by atoms with Crippen molar-refractivity contribution in [3.63, 3.8) is 0 Å². The van der Waals surface area contributed by atoms with Gasteiger partial charge < -0.3 is 15.3 Å². The van der Waals surface area contributed by atoms with E-state index in [2.05, 4.69) is 41.2 Å². The number of hydrogen-bond acceptors (Lipinski definition) is 3. The van der Waals surface area contributed by atoms with E-state index >= 15 is 0 Å². The van der Waals surface area contributed by atoms with Crippen LogP contribution in [-0.4, -0.2) is 33.5 Å². The lowest BCUT2D eigenvalue weighted by Gasteiger charge is -2.60. The summed E-state index contributed by atoms with van der Waals surface area (Å²) in [7, 11) is 0. The summed E-state index contributed by atoms with van der Waals surface area (Å²) in [5.41, 5.74) is 3.86. The predicted molar refractivity (Wildman–Crippen MR) is 136 cm³/mol. The van der Waals surface area contributed by atoms with Gasteiger partial charge in [0.25, 0.3) is 0 Å². The Hall–Kier alpha value is -1.13. The molecule has 4 rings (SSSR count). The molecule has 0 amide bonds. The fourth-order valence-corrected chi connectivity index (χ4v) is 9.18. The van der Waals surface area contributed by atoms with Gasteiger partial charge in [-0.15, -0.1) is 0 Å². The minimum absolute atomic E-state index is 0.0903. The van der Waals surface area contributed by atoms with E-state index < -0.39 is 11.9 Å². The summed E-state index contributed by atoms with van der Waals surface area (Å²) >= 11 is 0. The fourth-order valence-electron chi connectivity index (χ4n) is 9.18. The zero-order valence-electron chi connectivity index (χ0n) is 22.4. The van der Waals surface area contributed by atoms with Gasteiger partial charge in [0.15, 0.2) is 0 Å². The number of aliphatic hydroxyl groups is 2. The molecule has 9 atom stereocenters. The van der Waals surface area contributed by atoms with Gasteiger partial charge in [0.05, 0.1) is 18.1 Å². The normalized spacial score (nSPS) is 42.9. The van der Waals surface area contributed by atoms with E-state index in [0.29, 0.717) is 23.7 Å². The first-order valence-corrected chi connectivity index (χ1v) is 13.7. The minimum atomic E-state index is -0.784. The Morgan fingerprint density at radius 3 is 2.41 bits per heavy atom. The topological polar surface area (TPSA) is 77.8 Å². The Morgan fingerprint density at radius 1 is 1.09 bits per heavy atom. The maximum absolute atomic E-state index is 11.5. The van der Waals surface area contributed by atoms with Gasteiger partial charge in [0, 0.05) is 0 Å². The molecule has 4 heteroatoms. The lowest BCUT2D eigenvalue weighted by Crippen LogP contribution is -2.56. The molecule has 0 aliphatic heterocycles. The average molecular weight is 473 g/mol. The number of fused-ring (bicyclic) bond motifs is 4. The van der Waals surface area contributed by atoms with Crippen molar-refractivity contribution >= 4 is 5.97 Å². The van der Waals surface area contributed by atoms with Crippen molar-refractivity contribution in [2.24, 2.45) is 45.8 Å².